The molecule has 13 atom stereocenters. The summed E-state index contributed by atoms with van der Waals surface area (Å²) in [5, 5.41) is 36.7. The average Bonchev–Trinajstić information content (AvgIpc) is 3.21. The van der Waals surface area contributed by atoms with Gasteiger partial charge in [-0.05, 0) is 86.2 Å². The number of aliphatic hydroxyl groups excluding tert-OH is 2. The van der Waals surface area contributed by atoms with Crippen LogP contribution in [0.15, 0.2) is 24.3 Å². The van der Waals surface area contributed by atoms with Crippen LogP contribution in [-0.2, 0) is 47.8 Å². The lowest BCUT2D eigenvalue weighted by molar-refractivity contribution is -0.335. The zero-order valence-electron chi connectivity index (χ0n) is 39.6. The second-order valence-corrected chi connectivity index (χ2v) is 15.4. The van der Waals surface area contributed by atoms with E-state index in [0.29, 0.717) is 44.5 Å². The number of hydrogen-bond donors (Lipinski definition) is 4. The zero-order chi connectivity index (χ0) is 47.3. The fourth-order valence-corrected chi connectivity index (χ4v) is 6.96. The van der Waals surface area contributed by atoms with Crippen molar-refractivity contribution in [1.29, 1.82) is 0 Å². The maximum absolute atomic E-state index is 11.5. The fraction of sp³-hybridized carbons (Fsp3) is 0.822. The molecule has 0 aromatic rings. The van der Waals surface area contributed by atoms with Crippen LogP contribution in [0.1, 0.15) is 133 Å². The van der Waals surface area contributed by atoms with Crippen molar-refractivity contribution in [1.82, 2.24) is 4.90 Å². The van der Waals surface area contributed by atoms with E-state index in [1.807, 2.05) is 85.6 Å². The lowest BCUT2D eigenvalue weighted by Gasteiger charge is -2.50. The quantitative estimate of drug-likeness (QED) is 0.0408. The van der Waals surface area contributed by atoms with Gasteiger partial charge in [-0.25, -0.2) is 4.89 Å². The van der Waals surface area contributed by atoms with Crippen molar-refractivity contribution in [2.45, 2.75) is 194 Å². The van der Waals surface area contributed by atoms with E-state index in [-0.39, 0.29) is 30.1 Å². The van der Waals surface area contributed by atoms with Crippen molar-refractivity contribution in [2.24, 2.45) is 17.8 Å². The molecule has 60 heavy (non-hydrogen) atoms. The number of rotatable bonds is 21. The monoisotopic (exact) mass is 866 g/mol. The Morgan fingerprint density at radius 3 is 1.88 bits per heavy atom. The number of carbonyl (C=O) groups is 4. The molecule has 2 saturated heterocycles. The van der Waals surface area contributed by atoms with Crippen LogP contribution >= 0.6 is 0 Å². The number of allylic oxidation sites excluding steroid dienone is 3. The summed E-state index contributed by atoms with van der Waals surface area (Å²) in [4.78, 5) is 44.0. The Labute approximate surface area is 363 Å². The van der Waals surface area contributed by atoms with E-state index < -0.39 is 42.5 Å². The van der Waals surface area contributed by atoms with E-state index >= 15 is 0 Å². The maximum atomic E-state index is 11.5. The van der Waals surface area contributed by atoms with Gasteiger partial charge in [0.25, 0.3) is 6.47 Å². The zero-order valence-corrected chi connectivity index (χ0v) is 39.6. The average molecular weight is 866 g/mol. The van der Waals surface area contributed by atoms with Crippen LogP contribution in [0, 0.1) is 17.8 Å². The first kappa shape index (κ1) is 64.2. The van der Waals surface area contributed by atoms with Crippen LogP contribution in [0.3, 0.4) is 0 Å². The number of nitrogens with zero attached hydrogens (tertiary/aromatic N) is 1. The highest BCUT2D eigenvalue weighted by Gasteiger charge is 2.50. The van der Waals surface area contributed by atoms with Crippen molar-refractivity contribution in [3.8, 4) is 0 Å². The van der Waals surface area contributed by atoms with E-state index in [1.165, 1.54) is 20.0 Å². The van der Waals surface area contributed by atoms with Crippen molar-refractivity contribution in [3.05, 3.63) is 24.3 Å². The molecule has 13 unspecified atom stereocenters. The summed E-state index contributed by atoms with van der Waals surface area (Å²) in [6.07, 6.45) is 13.8. The van der Waals surface area contributed by atoms with E-state index in [2.05, 4.69) is 38.7 Å². The SMILES string of the molecule is C=O.CCC1C(C)OC(OC2C(C)OC(OC(C)C(CCC=O)CC(C)C/C=C/C=C/CC(C)OC=O)C(O)C2N(C)C)CC1(C)O.CCC=O.CCCC.CO.COO. The molecule has 2 rings (SSSR count). The highest BCUT2D eigenvalue weighted by Crippen LogP contribution is 2.39. The van der Waals surface area contributed by atoms with Gasteiger partial charge >= 0.3 is 0 Å². The molecular weight excluding hydrogens is 778 g/mol. The molecule has 2 heterocycles. The molecule has 0 spiro atoms. The largest absolute Gasteiger partial charge is 0.465 e. The van der Waals surface area contributed by atoms with Gasteiger partial charge in [-0.3, -0.25) is 10.1 Å². The normalized spacial score (nSPS) is 27.9. The topological polar surface area (TPSA) is 208 Å². The Bertz CT molecular complexity index is 1060. The molecule has 2 aliphatic heterocycles. The summed E-state index contributed by atoms with van der Waals surface area (Å²) >= 11 is 0. The Morgan fingerprint density at radius 1 is 0.917 bits per heavy atom. The van der Waals surface area contributed by atoms with Crippen LogP contribution in [0.4, 0.5) is 0 Å². The van der Waals surface area contributed by atoms with Gasteiger partial charge in [0.05, 0.1) is 37.1 Å². The summed E-state index contributed by atoms with van der Waals surface area (Å²) in [6, 6.07) is -0.433. The number of unbranched alkanes of at least 4 members (excludes halogenated alkanes) is 1. The fourth-order valence-electron chi connectivity index (χ4n) is 6.96. The predicted molar refractivity (Wildman–Crippen MR) is 235 cm³/mol. The summed E-state index contributed by atoms with van der Waals surface area (Å²) in [5.74, 6) is 0.457. The highest BCUT2D eigenvalue weighted by atomic mass is 17.1. The molecule has 4 N–H and O–H groups in total. The van der Waals surface area contributed by atoms with Gasteiger partial charge in [0.15, 0.2) is 12.6 Å². The Hall–Kier alpha value is -2.44. The third kappa shape index (κ3) is 28.2. The van der Waals surface area contributed by atoms with Crippen LogP contribution in [-0.4, -0.2) is 140 Å². The van der Waals surface area contributed by atoms with Gasteiger partial charge in [0.1, 0.15) is 37.7 Å². The lowest BCUT2D eigenvalue weighted by Crippen LogP contribution is -2.64. The first-order chi connectivity index (χ1) is 28.5. The lowest BCUT2D eigenvalue weighted by atomic mass is 9.78. The smallest absolute Gasteiger partial charge is 0.293 e. The minimum absolute atomic E-state index is 0.0130. The molecule has 0 aromatic carbocycles. The van der Waals surface area contributed by atoms with Crippen molar-refractivity contribution in [3.63, 3.8) is 0 Å². The van der Waals surface area contributed by atoms with E-state index in [4.69, 9.17) is 38.8 Å². The minimum atomic E-state index is -0.993. The molecule has 2 fully saturated rings. The van der Waals surface area contributed by atoms with Crippen molar-refractivity contribution >= 4 is 25.8 Å². The van der Waals surface area contributed by atoms with Crippen LogP contribution in [0.25, 0.3) is 0 Å². The number of likely N-dealkylation sites (N-methyl/N-ethyl adjacent to an activating group) is 1. The molecule has 0 radical (unpaired) electrons. The number of carbonyl (C=O) groups excluding carboxylic acids is 4. The molecule has 0 bridgehead atoms. The molecule has 0 aliphatic carbocycles. The van der Waals surface area contributed by atoms with Crippen LogP contribution in [0.2, 0.25) is 0 Å². The van der Waals surface area contributed by atoms with Gasteiger partial charge in [-0.15, -0.1) is 0 Å². The summed E-state index contributed by atoms with van der Waals surface area (Å²) in [5.41, 5.74) is -0.922. The van der Waals surface area contributed by atoms with E-state index in [1.54, 1.807) is 0 Å². The Kier molecular flexibility index (Phi) is 43.5. The third-order valence-corrected chi connectivity index (χ3v) is 10.2. The number of hydrogen-bond acceptors (Lipinski definition) is 15. The molecule has 15 heteroatoms. The number of aldehydes is 2. The molecule has 15 nitrogen and oxygen atoms in total. The maximum Gasteiger partial charge on any atom is 0.293 e. The Balaban J connectivity index is -0.000000908. The van der Waals surface area contributed by atoms with E-state index in [0.717, 1.165) is 38.9 Å². The number of aliphatic hydroxyl groups is 3. The van der Waals surface area contributed by atoms with E-state index in [9.17, 15) is 24.6 Å². The van der Waals surface area contributed by atoms with Gasteiger partial charge < -0.3 is 58.3 Å². The highest BCUT2D eigenvalue weighted by molar-refractivity contribution is 5.49. The summed E-state index contributed by atoms with van der Waals surface area (Å²) in [7, 11) is 5.97. The molecule has 2 aliphatic rings. The third-order valence-electron chi connectivity index (χ3n) is 10.2. The standard InChI is InChI=1S/C35H61NO9.C4H10.C3H6O.CH4O2.CH4O.CH2O/c1-10-29-26(5)42-30(21-35(29,7)40)45-33-27(6)44-34(32(39)31(33)36(8)9)43-25(4)28(18-15-19-37)20-23(2)16-13-11-12-14-17-24(3)41-22-38;1-3-4-2;1-2-3-4;1-3-2;2*1-2/h11-14,19,22-34,39-40H,10,15-18,20-21H2,1-9H3;3-4H2,1-2H3;3H,2H2,1H3;2H,1H3;2H,1H3;1H2/b13-11+,14-12+;;;;;. The van der Waals surface area contributed by atoms with Gasteiger partial charge in [-0.2, -0.15) is 0 Å². The molecule has 0 amide bonds. The molecular formula is C45H87NO14. The second-order valence-electron chi connectivity index (χ2n) is 15.4. The van der Waals surface area contributed by atoms with Crippen LogP contribution in [0.5, 0.6) is 0 Å². The first-order valence-electron chi connectivity index (χ1n) is 21.4. The van der Waals surface area contributed by atoms with Crippen molar-refractivity contribution in [2.75, 3.05) is 28.3 Å². The molecule has 356 valence electrons. The summed E-state index contributed by atoms with van der Waals surface area (Å²) in [6.45, 7) is 22.4. The Morgan fingerprint density at radius 2 is 1.45 bits per heavy atom. The van der Waals surface area contributed by atoms with Crippen molar-refractivity contribution < 1.29 is 68.3 Å². The molecule has 0 saturated carbocycles. The van der Waals surface area contributed by atoms with Crippen LogP contribution < -0.4 is 0 Å². The predicted octanol–water partition coefficient (Wildman–Crippen LogP) is 6.73. The second kappa shape index (κ2) is 40.6. The van der Waals surface area contributed by atoms with Gasteiger partial charge in [-0.1, -0.05) is 71.8 Å². The first-order valence-corrected chi connectivity index (χ1v) is 21.4. The van der Waals surface area contributed by atoms with Gasteiger partial charge in [0.2, 0.25) is 0 Å². The van der Waals surface area contributed by atoms with Gasteiger partial charge in [0, 0.05) is 38.7 Å². The molecule has 0 aromatic heterocycles. The number of ether oxygens (including phenoxy) is 5. The summed E-state index contributed by atoms with van der Waals surface area (Å²) < 4.78 is 30.2. The minimum Gasteiger partial charge on any atom is -0.465 e.